The zero-order valence-electron chi connectivity index (χ0n) is 9.52. The molecule has 0 aromatic heterocycles. The third-order valence-corrected chi connectivity index (χ3v) is 2.69. The fraction of sp³-hybridized carbons (Fsp3) is 0.538. The maximum absolute atomic E-state index is 5.65. The fourth-order valence-corrected chi connectivity index (χ4v) is 1.77. The van der Waals surface area contributed by atoms with Crippen molar-refractivity contribution in [2.24, 2.45) is 0 Å². The average molecular weight is 221 g/mol. The molecule has 1 aliphatic heterocycles. The molecule has 0 amide bonds. The van der Waals surface area contributed by atoms with Crippen LogP contribution in [0.5, 0.6) is 0 Å². The summed E-state index contributed by atoms with van der Waals surface area (Å²) >= 11 is 0. The molecule has 0 bridgehead atoms. The Hall–Kier alpha value is -0.900. The first-order chi connectivity index (χ1) is 7.95. The second kappa shape index (κ2) is 6.63. The zero-order valence-corrected chi connectivity index (χ0v) is 9.52. The Morgan fingerprint density at radius 1 is 1.31 bits per heavy atom. The molecule has 0 aliphatic carbocycles. The molecule has 1 saturated heterocycles. The van der Waals surface area contributed by atoms with E-state index >= 15 is 0 Å². The molecule has 1 fully saturated rings. The molecule has 1 N–H and O–H groups in total. The molecule has 0 spiro atoms. The second-order valence-corrected chi connectivity index (χ2v) is 4.02. The van der Waals surface area contributed by atoms with Crippen LogP contribution in [0.2, 0.25) is 0 Å². The summed E-state index contributed by atoms with van der Waals surface area (Å²) < 4.78 is 10.9. The Morgan fingerprint density at radius 2 is 2.19 bits per heavy atom. The average Bonchev–Trinajstić information content (AvgIpc) is 2.83. The minimum Gasteiger partial charge on any atom is -0.379 e. The molecule has 0 radical (unpaired) electrons. The van der Waals surface area contributed by atoms with Gasteiger partial charge in [-0.15, -0.1) is 0 Å². The SMILES string of the molecule is c1ccc(CNCCOC2CCOC2)cc1. The van der Waals surface area contributed by atoms with Gasteiger partial charge in [0.2, 0.25) is 0 Å². The van der Waals surface area contributed by atoms with E-state index in [1.807, 2.05) is 6.07 Å². The van der Waals surface area contributed by atoms with Crippen LogP contribution in [0.4, 0.5) is 0 Å². The summed E-state index contributed by atoms with van der Waals surface area (Å²) in [5.41, 5.74) is 1.31. The van der Waals surface area contributed by atoms with Crippen molar-refractivity contribution in [2.45, 2.75) is 19.1 Å². The van der Waals surface area contributed by atoms with Crippen LogP contribution in [0.1, 0.15) is 12.0 Å². The molecule has 1 aromatic carbocycles. The fourth-order valence-electron chi connectivity index (χ4n) is 1.77. The third-order valence-electron chi connectivity index (χ3n) is 2.69. The van der Waals surface area contributed by atoms with E-state index in [4.69, 9.17) is 9.47 Å². The summed E-state index contributed by atoms with van der Waals surface area (Å²) in [4.78, 5) is 0. The van der Waals surface area contributed by atoms with E-state index in [-0.39, 0.29) is 0 Å². The molecular weight excluding hydrogens is 202 g/mol. The van der Waals surface area contributed by atoms with Gasteiger partial charge in [-0.05, 0) is 12.0 Å². The normalized spacial score (nSPS) is 20.1. The monoisotopic (exact) mass is 221 g/mol. The highest BCUT2D eigenvalue weighted by molar-refractivity contribution is 5.14. The topological polar surface area (TPSA) is 30.5 Å². The summed E-state index contributed by atoms with van der Waals surface area (Å²) in [6.07, 6.45) is 1.36. The molecule has 16 heavy (non-hydrogen) atoms. The summed E-state index contributed by atoms with van der Waals surface area (Å²) in [6.45, 7) is 4.18. The molecular formula is C13H19NO2. The Balaban J connectivity index is 1.52. The molecule has 1 aromatic rings. The molecule has 1 atom stereocenters. The Kier molecular flexibility index (Phi) is 4.80. The molecule has 3 nitrogen and oxygen atoms in total. The van der Waals surface area contributed by atoms with Crippen molar-refractivity contribution in [3.05, 3.63) is 35.9 Å². The molecule has 3 heteroatoms. The summed E-state index contributed by atoms with van der Waals surface area (Å²) in [5.74, 6) is 0. The van der Waals surface area contributed by atoms with Gasteiger partial charge in [-0.3, -0.25) is 0 Å². The number of benzene rings is 1. The van der Waals surface area contributed by atoms with E-state index in [0.29, 0.717) is 6.10 Å². The number of ether oxygens (including phenoxy) is 2. The van der Waals surface area contributed by atoms with Crippen LogP contribution < -0.4 is 5.32 Å². The van der Waals surface area contributed by atoms with E-state index in [1.165, 1.54) is 5.56 Å². The number of rotatable bonds is 6. The quantitative estimate of drug-likeness (QED) is 0.740. The molecule has 0 saturated carbocycles. The summed E-state index contributed by atoms with van der Waals surface area (Å²) in [7, 11) is 0. The van der Waals surface area contributed by atoms with Gasteiger partial charge in [-0.25, -0.2) is 0 Å². The highest BCUT2D eigenvalue weighted by Gasteiger charge is 2.14. The van der Waals surface area contributed by atoms with Crippen LogP contribution in [0.15, 0.2) is 30.3 Å². The van der Waals surface area contributed by atoms with Crippen LogP contribution in [0, 0.1) is 0 Å². The lowest BCUT2D eigenvalue weighted by molar-refractivity contribution is 0.0444. The number of hydrogen-bond donors (Lipinski definition) is 1. The smallest absolute Gasteiger partial charge is 0.0831 e. The maximum Gasteiger partial charge on any atom is 0.0831 e. The van der Waals surface area contributed by atoms with Crippen LogP contribution in [0.25, 0.3) is 0 Å². The van der Waals surface area contributed by atoms with Crippen molar-refractivity contribution >= 4 is 0 Å². The Bertz CT molecular complexity index is 283. The van der Waals surface area contributed by atoms with Gasteiger partial charge in [0, 0.05) is 19.7 Å². The number of hydrogen-bond acceptors (Lipinski definition) is 3. The lowest BCUT2D eigenvalue weighted by Crippen LogP contribution is -2.23. The summed E-state index contributed by atoms with van der Waals surface area (Å²) in [6, 6.07) is 10.4. The molecule has 88 valence electrons. The maximum atomic E-state index is 5.65. The first-order valence-corrected chi connectivity index (χ1v) is 5.89. The Labute approximate surface area is 96.8 Å². The van der Waals surface area contributed by atoms with Gasteiger partial charge in [0.05, 0.1) is 19.3 Å². The second-order valence-electron chi connectivity index (χ2n) is 4.02. The molecule has 2 rings (SSSR count). The minimum absolute atomic E-state index is 0.318. The first-order valence-electron chi connectivity index (χ1n) is 5.89. The van der Waals surface area contributed by atoms with Crippen molar-refractivity contribution in [1.29, 1.82) is 0 Å². The standard InChI is InChI=1S/C13H19NO2/c1-2-4-12(5-3-1)10-14-7-9-16-13-6-8-15-11-13/h1-5,13-14H,6-11H2. The van der Waals surface area contributed by atoms with Crippen molar-refractivity contribution < 1.29 is 9.47 Å². The van der Waals surface area contributed by atoms with E-state index in [1.54, 1.807) is 0 Å². The van der Waals surface area contributed by atoms with E-state index < -0.39 is 0 Å². The van der Waals surface area contributed by atoms with E-state index in [9.17, 15) is 0 Å². The predicted octanol–water partition coefficient (Wildman–Crippen LogP) is 1.58. The largest absolute Gasteiger partial charge is 0.379 e. The summed E-state index contributed by atoms with van der Waals surface area (Å²) in [5, 5.41) is 3.36. The van der Waals surface area contributed by atoms with Gasteiger partial charge in [0.25, 0.3) is 0 Å². The Morgan fingerprint density at radius 3 is 2.94 bits per heavy atom. The van der Waals surface area contributed by atoms with Crippen molar-refractivity contribution in [3.63, 3.8) is 0 Å². The van der Waals surface area contributed by atoms with Crippen LogP contribution in [-0.4, -0.2) is 32.5 Å². The van der Waals surface area contributed by atoms with Gasteiger partial charge < -0.3 is 14.8 Å². The van der Waals surface area contributed by atoms with Crippen LogP contribution >= 0.6 is 0 Å². The van der Waals surface area contributed by atoms with Gasteiger partial charge in [0.1, 0.15) is 0 Å². The van der Waals surface area contributed by atoms with Gasteiger partial charge in [-0.1, -0.05) is 30.3 Å². The molecule has 1 heterocycles. The first kappa shape index (κ1) is 11.6. The lowest BCUT2D eigenvalue weighted by atomic mass is 10.2. The highest BCUT2D eigenvalue weighted by Crippen LogP contribution is 2.07. The minimum atomic E-state index is 0.318. The molecule has 1 unspecified atom stereocenters. The van der Waals surface area contributed by atoms with Crippen LogP contribution in [0.3, 0.4) is 0 Å². The lowest BCUT2D eigenvalue weighted by Gasteiger charge is -2.10. The van der Waals surface area contributed by atoms with Crippen molar-refractivity contribution in [3.8, 4) is 0 Å². The zero-order chi connectivity index (χ0) is 11.1. The van der Waals surface area contributed by atoms with Crippen LogP contribution in [-0.2, 0) is 16.0 Å². The molecule has 1 aliphatic rings. The van der Waals surface area contributed by atoms with Crippen molar-refractivity contribution in [1.82, 2.24) is 5.32 Å². The van der Waals surface area contributed by atoms with E-state index in [0.717, 1.165) is 39.3 Å². The highest BCUT2D eigenvalue weighted by atomic mass is 16.5. The van der Waals surface area contributed by atoms with E-state index in [2.05, 4.69) is 29.6 Å². The predicted molar refractivity (Wildman–Crippen MR) is 63.3 cm³/mol. The third kappa shape index (κ3) is 3.93. The number of nitrogens with one attached hydrogen (secondary N) is 1. The van der Waals surface area contributed by atoms with Crippen molar-refractivity contribution in [2.75, 3.05) is 26.4 Å². The van der Waals surface area contributed by atoms with Gasteiger partial charge >= 0.3 is 0 Å². The van der Waals surface area contributed by atoms with Gasteiger partial charge in [0.15, 0.2) is 0 Å². The van der Waals surface area contributed by atoms with Gasteiger partial charge in [-0.2, -0.15) is 0 Å².